The van der Waals surface area contributed by atoms with Gasteiger partial charge in [-0.25, -0.2) is 9.97 Å². The number of rotatable bonds is 3. The van der Waals surface area contributed by atoms with Crippen molar-refractivity contribution in [3.05, 3.63) is 16.5 Å². The summed E-state index contributed by atoms with van der Waals surface area (Å²) in [6.07, 6.45) is 2.49. The second-order valence-corrected chi connectivity index (χ2v) is 7.55. The van der Waals surface area contributed by atoms with Crippen molar-refractivity contribution in [2.75, 3.05) is 32.0 Å². The van der Waals surface area contributed by atoms with Crippen LogP contribution in [0.2, 0.25) is 5.15 Å². The number of piperidine rings is 1. The van der Waals surface area contributed by atoms with Crippen molar-refractivity contribution in [3.63, 3.8) is 0 Å². The van der Waals surface area contributed by atoms with Gasteiger partial charge in [-0.2, -0.15) is 0 Å². The third-order valence-corrected chi connectivity index (χ3v) is 4.52. The lowest BCUT2D eigenvalue weighted by atomic mass is 9.95. The van der Waals surface area contributed by atoms with Crippen LogP contribution in [0, 0.1) is 12.8 Å². The maximum absolute atomic E-state index is 6.27. The van der Waals surface area contributed by atoms with Crippen molar-refractivity contribution in [2.24, 2.45) is 5.92 Å². The predicted octanol–water partition coefficient (Wildman–Crippen LogP) is 3.49. The molecule has 2 rings (SSSR count). The van der Waals surface area contributed by atoms with E-state index in [1.807, 2.05) is 6.92 Å². The first-order valence-corrected chi connectivity index (χ1v) is 8.12. The molecule has 0 radical (unpaired) electrons. The Labute approximate surface area is 133 Å². The van der Waals surface area contributed by atoms with Crippen LogP contribution >= 0.6 is 11.6 Å². The third-order valence-electron chi connectivity index (χ3n) is 4.15. The molecule has 1 aliphatic heterocycles. The number of nitrogens with zero attached hydrogens (tertiary/aromatic N) is 3. The highest BCUT2D eigenvalue weighted by atomic mass is 35.5. The molecular weight excluding hydrogens is 284 g/mol. The van der Waals surface area contributed by atoms with E-state index in [0.717, 1.165) is 23.8 Å². The standard InChI is InChI=1S/C16H27ClN4/c1-11-13(17)19-15(16(2,3)4)20-14(11)18-10-12-6-8-21(5)9-7-12/h12H,6-10H2,1-5H3,(H,18,19,20). The number of halogens is 1. The first-order valence-electron chi connectivity index (χ1n) is 7.74. The SMILES string of the molecule is Cc1c(Cl)nc(C(C)(C)C)nc1NCC1CCN(C)CC1. The van der Waals surface area contributed by atoms with Gasteiger partial charge in [0.05, 0.1) is 0 Å². The first-order chi connectivity index (χ1) is 9.77. The summed E-state index contributed by atoms with van der Waals surface area (Å²) in [5.74, 6) is 2.40. The molecule has 21 heavy (non-hydrogen) atoms. The maximum Gasteiger partial charge on any atom is 0.137 e. The lowest BCUT2D eigenvalue weighted by Gasteiger charge is -2.29. The zero-order valence-electron chi connectivity index (χ0n) is 13.8. The van der Waals surface area contributed by atoms with Crippen LogP contribution in [0.15, 0.2) is 0 Å². The van der Waals surface area contributed by atoms with Crippen molar-refractivity contribution < 1.29 is 0 Å². The van der Waals surface area contributed by atoms with Gasteiger partial charge in [-0.15, -0.1) is 0 Å². The highest BCUT2D eigenvalue weighted by Gasteiger charge is 2.21. The van der Waals surface area contributed by atoms with Gasteiger partial charge in [0, 0.05) is 17.5 Å². The van der Waals surface area contributed by atoms with Gasteiger partial charge >= 0.3 is 0 Å². The number of anilines is 1. The Hall–Kier alpha value is -0.870. The van der Waals surface area contributed by atoms with E-state index in [0.29, 0.717) is 11.1 Å². The van der Waals surface area contributed by atoms with E-state index in [2.05, 4.69) is 48.0 Å². The van der Waals surface area contributed by atoms with Crippen LogP contribution in [-0.4, -0.2) is 41.5 Å². The fraction of sp³-hybridized carbons (Fsp3) is 0.750. The Morgan fingerprint density at radius 2 is 1.86 bits per heavy atom. The zero-order valence-corrected chi connectivity index (χ0v) is 14.6. The number of aromatic nitrogens is 2. The van der Waals surface area contributed by atoms with Gasteiger partial charge in [0.25, 0.3) is 0 Å². The molecule has 0 aromatic carbocycles. The lowest BCUT2D eigenvalue weighted by molar-refractivity contribution is 0.226. The summed E-state index contributed by atoms with van der Waals surface area (Å²) in [6, 6.07) is 0. The molecule has 1 N–H and O–H groups in total. The van der Waals surface area contributed by atoms with Gasteiger partial charge in [-0.1, -0.05) is 32.4 Å². The van der Waals surface area contributed by atoms with E-state index in [-0.39, 0.29) is 5.41 Å². The molecule has 0 spiro atoms. The van der Waals surface area contributed by atoms with Gasteiger partial charge in [0.1, 0.15) is 16.8 Å². The minimum absolute atomic E-state index is 0.0959. The largest absolute Gasteiger partial charge is 0.369 e. The van der Waals surface area contributed by atoms with Crippen LogP contribution in [-0.2, 0) is 5.41 Å². The molecule has 1 fully saturated rings. The molecule has 2 heterocycles. The summed E-state index contributed by atoms with van der Waals surface area (Å²) in [7, 11) is 2.19. The average Bonchev–Trinajstić information content (AvgIpc) is 2.41. The van der Waals surface area contributed by atoms with Crippen LogP contribution in [0.25, 0.3) is 0 Å². The Balaban J connectivity index is 2.07. The minimum atomic E-state index is -0.0959. The second kappa shape index (κ2) is 6.49. The smallest absolute Gasteiger partial charge is 0.137 e. The molecule has 1 aromatic rings. The van der Waals surface area contributed by atoms with Crippen LogP contribution in [0.1, 0.15) is 45.0 Å². The summed E-state index contributed by atoms with van der Waals surface area (Å²) in [4.78, 5) is 11.5. The molecule has 1 aliphatic rings. The Kier molecular flexibility index (Phi) is 5.10. The van der Waals surface area contributed by atoms with Crippen molar-refractivity contribution in [1.82, 2.24) is 14.9 Å². The molecule has 1 saturated heterocycles. The molecule has 0 aliphatic carbocycles. The monoisotopic (exact) mass is 310 g/mol. The lowest BCUT2D eigenvalue weighted by Crippen LogP contribution is -2.33. The van der Waals surface area contributed by atoms with Crippen LogP contribution in [0.4, 0.5) is 5.82 Å². The fourth-order valence-electron chi connectivity index (χ4n) is 2.50. The van der Waals surface area contributed by atoms with E-state index < -0.39 is 0 Å². The normalized spacial score (nSPS) is 18.0. The fourth-order valence-corrected chi connectivity index (χ4v) is 2.67. The van der Waals surface area contributed by atoms with Crippen molar-refractivity contribution in [3.8, 4) is 0 Å². The van der Waals surface area contributed by atoms with Crippen LogP contribution in [0.5, 0.6) is 0 Å². The first kappa shape index (κ1) is 16.5. The second-order valence-electron chi connectivity index (χ2n) is 7.19. The molecule has 0 amide bonds. The van der Waals surface area contributed by atoms with Gasteiger partial charge < -0.3 is 10.2 Å². The summed E-state index contributed by atoms with van der Waals surface area (Å²) < 4.78 is 0. The van der Waals surface area contributed by atoms with Gasteiger partial charge in [-0.3, -0.25) is 0 Å². The minimum Gasteiger partial charge on any atom is -0.369 e. The zero-order chi connectivity index (χ0) is 15.6. The molecule has 1 aromatic heterocycles. The molecule has 0 bridgehead atoms. The summed E-state index contributed by atoms with van der Waals surface area (Å²) in [5.41, 5.74) is 0.846. The van der Waals surface area contributed by atoms with E-state index >= 15 is 0 Å². The van der Waals surface area contributed by atoms with Gasteiger partial charge in [0.15, 0.2) is 0 Å². The van der Waals surface area contributed by atoms with Crippen molar-refractivity contribution in [2.45, 2.75) is 46.0 Å². The van der Waals surface area contributed by atoms with Crippen LogP contribution in [0.3, 0.4) is 0 Å². The van der Waals surface area contributed by atoms with E-state index in [9.17, 15) is 0 Å². The average molecular weight is 311 g/mol. The molecular formula is C16H27ClN4. The predicted molar refractivity (Wildman–Crippen MR) is 89.2 cm³/mol. The topological polar surface area (TPSA) is 41.1 Å². The maximum atomic E-state index is 6.27. The van der Waals surface area contributed by atoms with Gasteiger partial charge in [-0.05, 0) is 45.8 Å². The Morgan fingerprint density at radius 1 is 1.24 bits per heavy atom. The van der Waals surface area contributed by atoms with E-state index in [1.54, 1.807) is 0 Å². The highest BCUT2D eigenvalue weighted by Crippen LogP contribution is 2.26. The molecule has 0 saturated carbocycles. The number of nitrogens with one attached hydrogen (secondary N) is 1. The summed E-state index contributed by atoms with van der Waals surface area (Å²) >= 11 is 6.27. The number of hydrogen-bond acceptors (Lipinski definition) is 4. The quantitative estimate of drug-likeness (QED) is 0.868. The molecule has 0 atom stereocenters. The van der Waals surface area contributed by atoms with Crippen molar-refractivity contribution in [1.29, 1.82) is 0 Å². The third kappa shape index (κ3) is 4.30. The Bertz CT molecular complexity index is 488. The van der Waals surface area contributed by atoms with Crippen LogP contribution < -0.4 is 5.32 Å². The highest BCUT2D eigenvalue weighted by molar-refractivity contribution is 6.30. The van der Waals surface area contributed by atoms with E-state index in [1.165, 1.54) is 25.9 Å². The number of hydrogen-bond donors (Lipinski definition) is 1. The number of likely N-dealkylation sites (tertiary alicyclic amines) is 1. The molecule has 5 heteroatoms. The van der Waals surface area contributed by atoms with E-state index in [4.69, 9.17) is 11.6 Å². The summed E-state index contributed by atoms with van der Waals surface area (Å²) in [5, 5.41) is 4.05. The Morgan fingerprint density at radius 3 is 2.43 bits per heavy atom. The molecule has 0 unspecified atom stereocenters. The van der Waals surface area contributed by atoms with Gasteiger partial charge in [0.2, 0.25) is 0 Å². The van der Waals surface area contributed by atoms with Crippen molar-refractivity contribution >= 4 is 17.4 Å². The summed E-state index contributed by atoms with van der Waals surface area (Å²) in [6.45, 7) is 11.6. The molecule has 118 valence electrons. The molecule has 4 nitrogen and oxygen atoms in total.